The summed E-state index contributed by atoms with van der Waals surface area (Å²) in [5.41, 5.74) is 2.23. The number of hydrogen-bond donors (Lipinski definition) is 0. The van der Waals surface area contributed by atoms with Crippen LogP contribution in [0.3, 0.4) is 0 Å². The molecule has 2 heterocycles. The second-order valence-electron chi connectivity index (χ2n) is 4.83. The Bertz CT molecular complexity index is 358. The average Bonchev–Trinajstić information content (AvgIpc) is 2.40. The van der Waals surface area contributed by atoms with E-state index in [-0.39, 0.29) is 6.10 Å². The molecule has 100 valence electrons. The van der Waals surface area contributed by atoms with Gasteiger partial charge in [-0.05, 0) is 33.0 Å². The highest BCUT2D eigenvalue weighted by atomic mass is 16.5. The fourth-order valence-electron chi connectivity index (χ4n) is 2.23. The summed E-state index contributed by atoms with van der Waals surface area (Å²) in [5.74, 6) is 0. The van der Waals surface area contributed by atoms with E-state index in [0.29, 0.717) is 0 Å². The molecule has 1 aliphatic heterocycles. The molecule has 18 heavy (non-hydrogen) atoms. The molecule has 1 fully saturated rings. The highest BCUT2D eigenvalue weighted by Crippen LogP contribution is 2.19. The summed E-state index contributed by atoms with van der Waals surface area (Å²) in [4.78, 5) is 9.26. The van der Waals surface area contributed by atoms with Crippen LogP contribution in [0, 0.1) is 0 Å². The minimum Gasteiger partial charge on any atom is -0.373 e. The zero-order valence-corrected chi connectivity index (χ0v) is 11.6. The third-order valence-corrected chi connectivity index (χ3v) is 3.47. The maximum Gasteiger partial charge on any atom is 0.0966 e. The first-order valence-corrected chi connectivity index (χ1v) is 6.71. The summed E-state index contributed by atoms with van der Waals surface area (Å²) >= 11 is 0. The molecule has 0 spiro atoms. The van der Waals surface area contributed by atoms with Gasteiger partial charge in [-0.3, -0.25) is 4.98 Å². The Morgan fingerprint density at radius 2 is 2.00 bits per heavy atom. The van der Waals surface area contributed by atoms with Crippen LogP contribution in [0.4, 0.5) is 5.69 Å². The van der Waals surface area contributed by atoms with Gasteiger partial charge in [-0.25, -0.2) is 0 Å². The third kappa shape index (κ3) is 3.21. The standard InChI is InChI=1S/C14H23N3O/c1-4-18-12(2)14-6-5-13(11-15-14)17-9-7-16(3)8-10-17/h5-6,11-12H,4,7-10H2,1-3H3. The van der Waals surface area contributed by atoms with Crippen molar-refractivity contribution in [2.75, 3.05) is 44.7 Å². The van der Waals surface area contributed by atoms with Crippen molar-refractivity contribution in [2.24, 2.45) is 0 Å². The molecule has 1 unspecified atom stereocenters. The van der Waals surface area contributed by atoms with Crippen molar-refractivity contribution >= 4 is 5.69 Å². The number of rotatable bonds is 4. The van der Waals surface area contributed by atoms with E-state index in [1.54, 1.807) is 0 Å². The minimum atomic E-state index is 0.0801. The number of anilines is 1. The van der Waals surface area contributed by atoms with E-state index >= 15 is 0 Å². The lowest BCUT2D eigenvalue weighted by Gasteiger charge is -2.33. The number of hydrogen-bond acceptors (Lipinski definition) is 4. The molecule has 4 heteroatoms. The van der Waals surface area contributed by atoms with Crippen LogP contribution >= 0.6 is 0 Å². The minimum absolute atomic E-state index is 0.0801. The Kier molecular flexibility index (Phi) is 4.55. The number of piperazine rings is 1. The smallest absolute Gasteiger partial charge is 0.0966 e. The van der Waals surface area contributed by atoms with Crippen LogP contribution in [0.1, 0.15) is 25.6 Å². The van der Waals surface area contributed by atoms with Crippen LogP contribution < -0.4 is 4.90 Å². The average molecular weight is 249 g/mol. The third-order valence-electron chi connectivity index (χ3n) is 3.47. The van der Waals surface area contributed by atoms with E-state index in [1.165, 1.54) is 5.69 Å². The van der Waals surface area contributed by atoms with Gasteiger partial charge in [0.05, 0.1) is 23.7 Å². The van der Waals surface area contributed by atoms with Gasteiger partial charge in [0.2, 0.25) is 0 Å². The number of likely N-dealkylation sites (N-methyl/N-ethyl adjacent to an activating group) is 1. The van der Waals surface area contributed by atoms with Gasteiger partial charge >= 0.3 is 0 Å². The van der Waals surface area contributed by atoms with Gasteiger partial charge in [0.25, 0.3) is 0 Å². The summed E-state index contributed by atoms with van der Waals surface area (Å²) in [5, 5.41) is 0. The van der Waals surface area contributed by atoms with Crippen molar-refractivity contribution in [1.82, 2.24) is 9.88 Å². The number of ether oxygens (including phenoxy) is 1. The van der Waals surface area contributed by atoms with Crippen LogP contribution in [0.2, 0.25) is 0 Å². The van der Waals surface area contributed by atoms with E-state index in [0.717, 1.165) is 38.5 Å². The molecule has 1 aromatic rings. The van der Waals surface area contributed by atoms with Crippen molar-refractivity contribution in [3.8, 4) is 0 Å². The second-order valence-corrected chi connectivity index (χ2v) is 4.83. The van der Waals surface area contributed by atoms with Crippen molar-refractivity contribution in [3.63, 3.8) is 0 Å². The van der Waals surface area contributed by atoms with E-state index in [1.807, 2.05) is 20.0 Å². The molecule has 1 aromatic heterocycles. The Labute approximate surface area is 110 Å². The molecule has 1 saturated heterocycles. The van der Waals surface area contributed by atoms with Crippen molar-refractivity contribution < 1.29 is 4.74 Å². The number of aromatic nitrogens is 1. The summed E-state index contributed by atoms with van der Waals surface area (Å²) in [6.45, 7) is 9.19. The molecule has 4 nitrogen and oxygen atoms in total. The summed E-state index contributed by atoms with van der Waals surface area (Å²) < 4.78 is 5.54. The molecule has 0 amide bonds. The van der Waals surface area contributed by atoms with Gasteiger partial charge in [0, 0.05) is 32.8 Å². The molecule has 1 atom stereocenters. The van der Waals surface area contributed by atoms with E-state index < -0.39 is 0 Å². The van der Waals surface area contributed by atoms with Crippen LogP contribution in [-0.4, -0.2) is 49.7 Å². The first kappa shape index (κ1) is 13.3. The molecule has 0 saturated carbocycles. The van der Waals surface area contributed by atoms with E-state index in [2.05, 4.69) is 34.0 Å². The van der Waals surface area contributed by atoms with Crippen LogP contribution in [0.5, 0.6) is 0 Å². The lowest BCUT2D eigenvalue weighted by atomic mass is 10.2. The van der Waals surface area contributed by atoms with E-state index in [9.17, 15) is 0 Å². The molecular formula is C14H23N3O. The maximum absolute atomic E-state index is 5.54. The van der Waals surface area contributed by atoms with Gasteiger partial charge in [-0.15, -0.1) is 0 Å². The molecule has 0 radical (unpaired) electrons. The topological polar surface area (TPSA) is 28.6 Å². The number of nitrogens with zero attached hydrogens (tertiary/aromatic N) is 3. The van der Waals surface area contributed by atoms with Gasteiger partial charge in [-0.1, -0.05) is 0 Å². The van der Waals surface area contributed by atoms with Crippen molar-refractivity contribution in [3.05, 3.63) is 24.0 Å². The first-order chi connectivity index (χ1) is 8.70. The number of pyridine rings is 1. The predicted molar refractivity (Wildman–Crippen MR) is 74.0 cm³/mol. The second kappa shape index (κ2) is 6.16. The summed E-state index contributed by atoms with van der Waals surface area (Å²) in [6.07, 6.45) is 2.05. The van der Waals surface area contributed by atoms with Gasteiger partial charge in [-0.2, -0.15) is 0 Å². The van der Waals surface area contributed by atoms with Crippen LogP contribution in [-0.2, 0) is 4.74 Å². The monoisotopic (exact) mass is 249 g/mol. The lowest BCUT2D eigenvalue weighted by Crippen LogP contribution is -2.44. The molecule has 0 bridgehead atoms. The SMILES string of the molecule is CCOC(C)c1ccc(N2CCN(C)CC2)cn1. The molecule has 1 aliphatic rings. The Morgan fingerprint density at radius 1 is 1.28 bits per heavy atom. The zero-order valence-electron chi connectivity index (χ0n) is 11.6. The van der Waals surface area contributed by atoms with Gasteiger partial charge in [0.15, 0.2) is 0 Å². The molecule has 2 rings (SSSR count). The Balaban J connectivity index is 1.99. The van der Waals surface area contributed by atoms with Crippen LogP contribution in [0.15, 0.2) is 18.3 Å². The Hall–Kier alpha value is -1.13. The van der Waals surface area contributed by atoms with Gasteiger partial charge < -0.3 is 14.5 Å². The lowest BCUT2D eigenvalue weighted by molar-refractivity contribution is 0.0734. The molecule has 0 aliphatic carbocycles. The first-order valence-electron chi connectivity index (χ1n) is 6.71. The molecule has 0 N–H and O–H groups in total. The largest absolute Gasteiger partial charge is 0.373 e. The Morgan fingerprint density at radius 3 is 2.56 bits per heavy atom. The van der Waals surface area contributed by atoms with E-state index in [4.69, 9.17) is 4.74 Å². The highest BCUT2D eigenvalue weighted by Gasteiger charge is 2.15. The predicted octanol–water partition coefficient (Wildman–Crippen LogP) is 1.93. The highest BCUT2D eigenvalue weighted by molar-refractivity contribution is 5.45. The summed E-state index contributed by atoms with van der Waals surface area (Å²) in [6, 6.07) is 4.23. The fraction of sp³-hybridized carbons (Fsp3) is 0.643. The maximum atomic E-state index is 5.54. The quantitative estimate of drug-likeness (QED) is 0.815. The van der Waals surface area contributed by atoms with Crippen molar-refractivity contribution in [2.45, 2.75) is 20.0 Å². The van der Waals surface area contributed by atoms with Crippen LogP contribution in [0.25, 0.3) is 0 Å². The normalized spacial score (nSPS) is 18.9. The fourth-order valence-corrected chi connectivity index (χ4v) is 2.23. The summed E-state index contributed by atoms with van der Waals surface area (Å²) in [7, 11) is 2.17. The van der Waals surface area contributed by atoms with Gasteiger partial charge in [0.1, 0.15) is 0 Å². The molecule has 0 aromatic carbocycles. The van der Waals surface area contributed by atoms with Crippen molar-refractivity contribution in [1.29, 1.82) is 0 Å². The zero-order chi connectivity index (χ0) is 13.0. The molecular weight excluding hydrogens is 226 g/mol.